The molecule has 0 saturated carbocycles. The van der Waals surface area contributed by atoms with Crippen LogP contribution in [-0.4, -0.2) is 158 Å². The van der Waals surface area contributed by atoms with Crippen LogP contribution < -0.4 is 40.9 Å². The average molecular weight is 1380 g/mol. The summed E-state index contributed by atoms with van der Waals surface area (Å²) in [5.41, 5.74) is 15.3. The van der Waals surface area contributed by atoms with Crippen molar-refractivity contribution in [1.29, 1.82) is 5.26 Å². The van der Waals surface area contributed by atoms with Crippen LogP contribution in [0.1, 0.15) is 125 Å². The number of nitrogens with zero attached hydrogens (tertiary/aromatic N) is 11. The number of piperazine rings is 4. The molecule has 0 bridgehead atoms. The molecule has 12 rings (SSSR count). The molecule has 0 spiro atoms. The molecule has 2 aromatic heterocycles. The largest absolute Gasteiger partial charge is 0.368 e. The normalized spacial score (nSPS) is 14.7. The zero-order valence-electron chi connectivity index (χ0n) is 61.9. The van der Waals surface area contributed by atoms with Crippen LogP contribution in [-0.2, 0) is 5.41 Å². The molecular weight excluding hydrogens is 1270 g/mol. The standard InChI is InChI=1S/C21H28N4O.2C21H27N3O.C20H23N5O/c1-16-5-10-19(22-15-16)24-11-13-25(14-12-24)20(26)23-18-8-6-17(7-9-18)21(2,3)4;1-16(2)18-6-8-19(9-7-18)22-21(25)24-14-12-23(13-15-24)20-10-4-17(3)5-11-20;1-16(2)18-7-9-19(10-8-18)22-21(25)24-13-11-23(12-14-24)20-6-4-5-17(3)15-20;1-15(2)17-4-6-18(7-5-17)23-20(26)25-11-9-24(10-12-25)19-8-3-16(13-21)14-22-19/h5-10,15H,11-14H2,1-4H3,(H,23,26);4-11,16H,12-15H2,1-3H3,(H,22,25);4-10,15-16H,11-14H2,1-3H3,(H,22,25);3-8,14-15H,9-12H2,1-2H3,(H,23,26). The average Bonchev–Trinajstić information content (AvgIpc) is 0.862. The van der Waals surface area contributed by atoms with Gasteiger partial charge in [0, 0.05) is 151 Å². The quantitative estimate of drug-likeness (QED) is 0.0963. The minimum Gasteiger partial charge on any atom is -0.368 e. The Hall–Kier alpha value is -10.6. The van der Waals surface area contributed by atoms with Crippen molar-refractivity contribution in [2.45, 2.75) is 106 Å². The molecule has 6 aromatic carbocycles. The van der Waals surface area contributed by atoms with E-state index in [2.05, 4.69) is 236 Å². The lowest BCUT2D eigenvalue weighted by Gasteiger charge is -2.36. The molecule has 0 aliphatic carbocycles. The smallest absolute Gasteiger partial charge is 0.321 e. The molecule has 8 amide bonds. The van der Waals surface area contributed by atoms with Crippen LogP contribution in [0, 0.1) is 32.1 Å². The molecule has 8 aromatic rings. The van der Waals surface area contributed by atoms with Gasteiger partial charge in [0.15, 0.2) is 0 Å². The SMILES string of the molecule is CC(C)c1ccc(NC(=O)N2CCN(c3ccc(C#N)cn3)CC2)cc1.Cc1ccc(N2CCN(C(=O)Nc3ccc(C(C)(C)C)cc3)CC2)nc1.Cc1ccc(N2CCN(C(=O)Nc3ccc(C(C)C)cc3)CC2)cc1.Cc1cccc(N2CCN(C(=O)Nc3ccc(C(C)C)cc3)CC2)c1. The topological polar surface area (TPSA) is 192 Å². The molecule has 4 fully saturated rings. The van der Waals surface area contributed by atoms with E-state index in [0.29, 0.717) is 49.5 Å². The predicted octanol–water partition coefficient (Wildman–Crippen LogP) is 16.4. The molecule has 0 radical (unpaired) electrons. The van der Waals surface area contributed by atoms with Crippen molar-refractivity contribution < 1.29 is 19.2 Å². The number of carbonyl (C=O) groups is 4. The Morgan fingerprint density at radius 2 is 0.706 bits per heavy atom. The summed E-state index contributed by atoms with van der Waals surface area (Å²) in [5.74, 6) is 3.30. The summed E-state index contributed by atoms with van der Waals surface area (Å²) < 4.78 is 0. The van der Waals surface area contributed by atoms with Crippen LogP contribution >= 0.6 is 0 Å². The Kier molecular flexibility index (Phi) is 26.8. The number of hydrogen-bond acceptors (Lipinski definition) is 11. The van der Waals surface area contributed by atoms with Gasteiger partial charge < -0.3 is 60.5 Å². The van der Waals surface area contributed by atoms with Gasteiger partial charge in [-0.05, 0) is 168 Å². The summed E-state index contributed by atoms with van der Waals surface area (Å²) in [4.78, 5) is 75.2. The molecule has 6 heterocycles. The lowest BCUT2D eigenvalue weighted by atomic mass is 9.87. The fourth-order valence-corrected chi connectivity index (χ4v) is 12.2. The van der Waals surface area contributed by atoms with Gasteiger partial charge in [0.1, 0.15) is 17.7 Å². The van der Waals surface area contributed by atoms with Crippen molar-refractivity contribution in [3.05, 3.63) is 227 Å². The van der Waals surface area contributed by atoms with Crippen molar-refractivity contribution in [3.8, 4) is 6.07 Å². The van der Waals surface area contributed by atoms with Gasteiger partial charge in [0.05, 0.1) is 5.56 Å². The van der Waals surface area contributed by atoms with Crippen molar-refractivity contribution in [2.75, 3.05) is 146 Å². The second kappa shape index (κ2) is 36.1. The number of carbonyl (C=O) groups excluding carboxylic acids is 4. The molecule has 4 N–H and O–H groups in total. The summed E-state index contributed by atoms with van der Waals surface area (Å²) in [6.07, 6.45) is 3.46. The minimum absolute atomic E-state index is 0.0128. The van der Waals surface area contributed by atoms with Gasteiger partial charge in [0.25, 0.3) is 0 Å². The zero-order valence-corrected chi connectivity index (χ0v) is 61.9. The highest BCUT2D eigenvalue weighted by molar-refractivity contribution is 5.91. The maximum absolute atomic E-state index is 12.5. The van der Waals surface area contributed by atoms with Gasteiger partial charge in [-0.1, -0.05) is 147 Å². The van der Waals surface area contributed by atoms with Gasteiger partial charge >= 0.3 is 24.1 Å². The third-order valence-electron chi connectivity index (χ3n) is 18.9. The number of hydrogen-bond donors (Lipinski definition) is 4. The molecule has 536 valence electrons. The monoisotopic (exact) mass is 1380 g/mol. The third kappa shape index (κ3) is 22.2. The zero-order chi connectivity index (χ0) is 72.9. The van der Waals surface area contributed by atoms with Gasteiger partial charge in [-0.15, -0.1) is 0 Å². The number of nitrogens with one attached hydrogen (secondary N) is 4. The number of aryl methyl sites for hydroxylation is 3. The summed E-state index contributed by atoms with van der Waals surface area (Å²) in [7, 11) is 0. The lowest BCUT2D eigenvalue weighted by Crippen LogP contribution is -2.50. The molecule has 19 heteroatoms. The number of pyridine rings is 2. The summed E-state index contributed by atoms with van der Waals surface area (Å²) in [5, 5.41) is 20.8. The van der Waals surface area contributed by atoms with Gasteiger partial charge in [-0.3, -0.25) is 0 Å². The Morgan fingerprint density at radius 1 is 0.373 bits per heavy atom. The first-order valence-corrected chi connectivity index (χ1v) is 36.0. The Bertz CT molecular complexity index is 3990. The second-order valence-corrected chi connectivity index (χ2v) is 28.7. The van der Waals surface area contributed by atoms with Crippen LogP contribution in [0.3, 0.4) is 0 Å². The van der Waals surface area contributed by atoms with E-state index in [4.69, 9.17) is 5.26 Å². The molecule has 4 saturated heterocycles. The number of urea groups is 4. The molecule has 4 aliphatic heterocycles. The van der Waals surface area contributed by atoms with E-state index < -0.39 is 0 Å². The highest BCUT2D eigenvalue weighted by atomic mass is 16.2. The van der Waals surface area contributed by atoms with E-state index in [-0.39, 0.29) is 29.5 Å². The number of nitriles is 1. The maximum atomic E-state index is 12.5. The van der Waals surface area contributed by atoms with Crippen LogP contribution in [0.2, 0.25) is 0 Å². The Labute approximate surface area is 605 Å². The van der Waals surface area contributed by atoms with E-state index in [1.54, 1.807) is 12.3 Å². The van der Waals surface area contributed by atoms with Crippen molar-refractivity contribution in [3.63, 3.8) is 0 Å². The van der Waals surface area contributed by atoms with Gasteiger partial charge in [0.2, 0.25) is 0 Å². The van der Waals surface area contributed by atoms with E-state index in [0.717, 1.165) is 118 Å². The van der Waals surface area contributed by atoms with Crippen molar-refractivity contribution in [1.82, 2.24) is 29.6 Å². The first kappa shape index (κ1) is 75.6. The number of amides is 8. The van der Waals surface area contributed by atoms with E-state index >= 15 is 0 Å². The van der Waals surface area contributed by atoms with Crippen LogP contribution in [0.25, 0.3) is 0 Å². The fourth-order valence-electron chi connectivity index (χ4n) is 12.2. The second-order valence-electron chi connectivity index (χ2n) is 28.7. The molecule has 102 heavy (non-hydrogen) atoms. The summed E-state index contributed by atoms with van der Waals surface area (Å²) in [6, 6.07) is 59.1. The molecular formula is C83H105N15O4. The Balaban J connectivity index is 0.000000158. The van der Waals surface area contributed by atoms with E-state index in [1.807, 2.05) is 93.4 Å². The molecule has 0 unspecified atom stereocenters. The molecule has 0 atom stereocenters. The minimum atomic E-state index is -0.0743. The highest BCUT2D eigenvalue weighted by Gasteiger charge is 2.26. The first-order valence-electron chi connectivity index (χ1n) is 36.0. The Morgan fingerprint density at radius 3 is 1.02 bits per heavy atom. The number of anilines is 8. The first-order chi connectivity index (χ1) is 48.9. The number of rotatable bonds is 11. The van der Waals surface area contributed by atoms with Crippen LogP contribution in [0.15, 0.2) is 182 Å². The van der Waals surface area contributed by atoms with E-state index in [1.165, 1.54) is 44.8 Å². The maximum Gasteiger partial charge on any atom is 0.321 e. The third-order valence-corrected chi connectivity index (χ3v) is 18.9. The van der Waals surface area contributed by atoms with Gasteiger partial charge in [-0.25, -0.2) is 29.1 Å². The number of aromatic nitrogens is 2. The van der Waals surface area contributed by atoms with Crippen LogP contribution in [0.5, 0.6) is 0 Å². The predicted molar refractivity (Wildman–Crippen MR) is 418 cm³/mol. The van der Waals surface area contributed by atoms with Gasteiger partial charge in [-0.2, -0.15) is 5.26 Å². The lowest BCUT2D eigenvalue weighted by molar-refractivity contribution is 0.207. The molecule has 19 nitrogen and oxygen atoms in total. The highest BCUT2D eigenvalue weighted by Crippen LogP contribution is 2.27. The fraction of sp³-hybridized carbons (Fsp3) is 0.386. The number of benzene rings is 6. The molecule has 4 aliphatic rings. The summed E-state index contributed by atoms with van der Waals surface area (Å²) >= 11 is 0. The van der Waals surface area contributed by atoms with E-state index in [9.17, 15) is 19.2 Å². The summed E-state index contributed by atoms with van der Waals surface area (Å²) in [6.45, 7) is 37.9. The van der Waals surface area contributed by atoms with Crippen molar-refractivity contribution in [2.24, 2.45) is 0 Å². The van der Waals surface area contributed by atoms with Crippen LogP contribution in [0.4, 0.5) is 64.9 Å². The van der Waals surface area contributed by atoms with Crippen molar-refractivity contribution >= 4 is 69.9 Å².